The first-order valence-corrected chi connectivity index (χ1v) is 9.69. The molecule has 1 saturated carbocycles. The smallest absolute Gasteiger partial charge is 0.412 e. The summed E-state index contributed by atoms with van der Waals surface area (Å²) in [6.45, 7) is 2.93. The number of ether oxygens (including phenoxy) is 2. The van der Waals surface area contributed by atoms with Gasteiger partial charge in [-0.05, 0) is 12.8 Å². The first kappa shape index (κ1) is 19.9. The quantitative estimate of drug-likeness (QED) is 0.391. The van der Waals surface area contributed by atoms with Gasteiger partial charge >= 0.3 is 12.1 Å². The summed E-state index contributed by atoms with van der Waals surface area (Å²) in [4.78, 5) is 23.4. The van der Waals surface area contributed by atoms with Crippen LogP contribution < -0.4 is 5.32 Å². The highest BCUT2D eigenvalue weighted by Gasteiger charge is 2.25. The Morgan fingerprint density at radius 3 is 2.52 bits per heavy atom. The topological polar surface area (TPSA) is 111 Å². The van der Waals surface area contributed by atoms with Crippen molar-refractivity contribution >= 4 is 20.1 Å². The van der Waals surface area contributed by atoms with Crippen molar-refractivity contribution in [3.63, 3.8) is 0 Å². The second-order valence-corrected chi connectivity index (χ2v) is 6.81. The number of rotatable bonds is 8. The van der Waals surface area contributed by atoms with Crippen LogP contribution in [0.4, 0.5) is 4.79 Å². The van der Waals surface area contributed by atoms with E-state index in [1.165, 1.54) is 13.6 Å². The summed E-state index contributed by atoms with van der Waals surface area (Å²) in [5, 5.41) is 11.7. The van der Waals surface area contributed by atoms with Crippen molar-refractivity contribution in [2.75, 3.05) is 13.3 Å². The lowest BCUT2D eigenvalue weighted by Crippen LogP contribution is -2.38. The number of amides is 1. The van der Waals surface area contributed by atoms with Crippen LogP contribution in [0.5, 0.6) is 0 Å². The van der Waals surface area contributed by atoms with E-state index in [0.29, 0.717) is 0 Å². The number of aliphatic hydroxyl groups is 1. The summed E-state index contributed by atoms with van der Waals surface area (Å²) < 4.78 is 25.5. The fourth-order valence-electron chi connectivity index (χ4n) is 2.33. The molecule has 1 rings (SSSR count). The van der Waals surface area contributed by atoms with Crippen molar-refractivity contribution in [2.24, 2.45) is 5.92 Å². The molecular weight excluding hydrogens is 325 g/mol. The summed E-state index contributed by atoms with van der Waals surface area (Å²) in [7, 11) is -2.06. The number of aliphatic hydroxyl groups excluding tert-OH is 1. The van der Waals surface area contributed by atoms with Crippen LogP contribution in [0.3, 0.4) is 0 Å². The summed E-state index contributed by atoms with van der Waals surface area (Å²) in [5.74, 6) is -0.482. The third-order valence-electron chi connectivity index (χ3n) is 3.47. The van der Waals surface area contributed by atoms with Crippen molar-refractivity contribution in [2.45, 2.75) is 58.0 Å². The first-order chi connectivity index (χ1) is 10.9. The molecule has 1 fully saturated rings. The number of hydrogen-bond donors (Lipinski definition) is 2. The van der Waals surface area contributed by atoms with E-state index in [4.69, 9.17) is 14.0 Å². The average molecular weight is 351 g/mol. The van der Waals surface area contributed by atoms with Crippen LogP contribution in [-0.2, 0) is 23.4 Å². The molecule has 9 heteroatoms. The molecule has 23 heavy (non-hydrogen) atoms. The zero-order valence-electron chi connectivity index (χ0n) is 13.6. The molecule has 1 aliphatic carbocycles. The lowest BCUT2D eigenvalue weighted by molar-refractivity contribution is -0.171. The highest BCUT2D eigenvalue weighted by Crippen LogP contribution is 2.25. The molecule has 0 radical (unpaired) electrons. The van der Waals surface area contributed by atoms with Crippen LogP contribution in [0.25, 0.3) is 0 Å². The normalized spacial score (nSPS) is 19.4. The monoisotopic (exact) mass is 351 g/mol. The van der Waals surface area contributed by atoms with E-state index in [-0.39, 0.29) is 24.9 Å². The van der Waals surface area contributed by atoms with E-state index in [1.807, 2.05) is 0 Å². The van der Waals surface area contributed by atoms with Crippen molar-refractivity contribution in [1.29, 1.82) is 0 Å². The summed E-state index contributed by atoms with van der Waals surface area (Å²) in [6.07, 6.45) is 1.72. The van der Waals surface area contributed by atoms with Gasteiger partial charge in [-0.15, -0.1) is 0 Å². The Morgan fingerprint density at radius 2 is 1.91 bits per heavy atom. The lowest BCUT2D eigenvalue weighted by Gasteiger charge is -2.22. The van der Waals surface area contributed by atoms with Crippen molar-refractivity contribution < 1.29 is 33.3 Å². The molecule has 3 unspecified atom stereocenters. The molecule has 0 aromatic heterocycles. The Morgan fingerprint density at radius 1 is 1.26 bits per heavy atom. The van der Waals surface area contributed by atoms with Crippen molar-refractivity contribution in [1.82, 2.24) is 5.32 Å². The molecule has 0 saturated heterocycles. The Hall–Kier alpha value is -1.11. The second kappa shape index (κ2) is 10.6. The van der Waals surface area contributed by atoms with E-state index in [1.54, 1.807) is 0 Å². The average Bonchev–Trinajstić information content (AvgIpc) is 2.47. The summed E-state index contributed by atoms with van der Waals surface area (Å²) in [5.41, 5.74) is 0. The number of alkyl carbamates (subject to hydrolysis) is 1. The molecule has 0 heterocycles. The van der Waals surface area contributed by atoms with Gasteiger partial charge in [0.2, 0.25) is 6.29 Å². The third kappa shape index (κ3) is 8.93. The fourth-order valence-corrected chi connectivity index (χ4v) is 2.73. The van der Waals surface area contributed by atoms with Gasteiger partial charge in [0.1, 0.15) is 6.23 Å². The van der Waals surface area contributed by atoms with E-state index in [9.17, 15) is 19.3 Å². The standard InChI is InChI=1S/C14H26NO7P/c1-10(21-13(17)11-6-4-3-5-7-11)22-14(18)15-12(16)8-9-20-23(2)19/h10-12,16,23H,3-9H2,1-2H3,(H,15,18). The fraction of sp³-hybridized carbons (Fsp3) is 0.857. The Labute approximate surface area is 136 Å². The SMILES string of the molecule is CC(OC(=O)NC(O)CCO[PH](C)=O)OC(=O)C1CCCCC1. The van der Waals surface area contributed by atoms with Gasteiger partial charge in [-0.2, -0.15) is 0 Å². The van der Waals surface area contributed by atoms with Gasteiger partial charge < -0.3 is 19.1 Å². The Balaban J connectivity index is 2.21. The maximum Gasteiger partial charge on any atom is 0.412 e. The molecule has 8 nitrogen and oxygen atoms in total. The number of carbonyl (C=O) groups is 2. The van der Waals surface area contributed by atoms with Gasteiger partial charge in [0.05, 0.1) is 12.5 Å². The molecule has 0 aliphatic heterocycles. The van der Waals surface area contributed by atoms with Crippen LogP contribution in [0.2, 0.25) is 0 Å². The van der Waals surface area contributed by atoms with Crippen molar-refractivity contribution in [3.05, 3.63) is 0 Å². The highest BCUT2D eigenvalue weighted by molar-refractivity contribution is 7.38. The summed E-state index contributed by atoms with van der Waals surface area (Å²) >= 11 is 0. The summed E-state index contributed by atoms with van der Waals surface area (Å²) in [6, 6.07) is 0. The van der Waals surface area contributed by atoms with Crippen LogP contribution in [0.15, 0.2) is 0 Å². The highest BCUT2D eigenvalue weighted by atomic mass is 31.1. The molecule has 0 aromatic carbocycles. The molecule has 1 aliphatic rings. The van der Waals surface area contributed by atoms with E-state index < -0.39 is 26.6 Å². The minimum Gasteiger partial charge on any atom is -0.425 e. The van der Waals surface area contributed by atoms with E-state index in [0.717, 1.165) is 32.1 Å². The van der Waals surface area contributed by atoms with Gasteiger partial charge in [0, 0.05) is 20.0 Å². The van der Waals surface area contributed by atoms with Crippen LogP contribution in [0.1, 0.15) is 45.4 Å². The number of carbonyl (C=O) groups excluding carboxylic acids is 2. The Kier molecular flexibility index (Phi) is 9.21. The molecule has 134 valence electrons. The largest absolute Gasteiger partial charge is 0.425 e. The van der Waals surface area contributed by atoms with E-state index in [2.05, 4.69) is 5.32 Å². The zero-order chi connectivity index (χ0) is 17.2. The predicted molar refractivity (Wildman–Crippen MR) is 83.2 cm³/mol. The van der Waals surface area contributed by atoms with Crippen molar-refractivity contribution in [3.8, 4) is 0 Å². The molecule has 0 spiro atoms. The van der Waals surface area contributed by atoms with Crippen LogP contribution in [0, 0.1) is 5.92 Å². The van der Waals surface area contributed by atoms with Gasteiger partial charge in [0.15, 0.2) is 8.03 Å². The Bertz CT molecular complexity index is 412. The number of hydrogen-bond acceptors (Lipinski definition) is 7. The number of nitrogens with one attached hydrogen (secondary N) is 1. The molecule has 1 amide bonds. The van der Waals surface area contributed by atoms with Gasteiger partial charge in [-0.25, -0.2) is 4.79 Å². The van der Waals surface area contributed by atoms with Gasteiger partial charge in [-0.3, -0.25) is 14.7 Å². The number of esters is 1. The van der Waals surface area contributed by atoms with E-state index >= 15 is 0 Å². The van der Waals surface area contributed by atoms with Crippen LogP contribution in [-0.4, -0.2) is 43.0 Å². The minimum absolute atomic E-state index is 0.0575. The maximum absolute atomic E-state index is 11.9. The van der Waals surface area contributed by atoms with Gasteiger partial charge in [-0.1, -0.05) is 19.3 Å². The molecule has 0 bridgehead atoms. The first-order valence-electron chi connectivity index (χ1n) is 7.87. The molecule has 2 N–H and O–H groups in total. The minimum atomic E-state index is -2.06. The molecular formula is C14H26NO7P. The second-order valence-electron chi connectivity index (χ2n) is 5.53. The van der Waals surface area contributed by atoms with Gasteiger partial charge in [0.25, 0.3) is 0 Å². The maximum atomic E-state index is 11.9. The van der Waals surface area contributed by atoms with Crippen LogP contribution >= 0.6 is 8.03 Å². The third-order valence-corrected chi connectivity index (χ3v) is 4.09. The molecule has 3 atom stereocenters. The zero-order valence-corrected chi connectivity index (χ0v) is 14.6. The molecule has 0 aromatic rings. The lowest BCUT2D eigenvalue weighted by atomic mass is 9.89. The predicted octanol–water partition coefficient (Wildman–Crippen LogP) is 2.01.